The van der Waals surface area contributed by atoms with Gasteiger partial charge in [-0.3, -0.25) is 4.57 Å². The summed E-state index contributed by atoms with van der Waals surface area (Å²) < 4.78 is 8.31. The van der Waals surface area contributed by atoms with E-state index >= 15 is 0 Å². The Balaban J connectivity index is 1.33. The maximum absolute atomic E-state index is 5.92. The third-order valence-electron chi connectivity index (χ3n) is 6.57. The molecule has 0 amide bonds. The van der Waals surface area contributed by atoms with Gasteiger partial charge in [-0.05, 0) is 67.6 Å². The van der Waals surface area contributed by atoms with Crippen molar-refractivity contribution in [2.24, 2.45) is 0 Å². The third kappa shape index (κ3) is 3.27. The summed E-state index contributed by atoms with van der Waals surface area (Å²) in [6.45, 7) is 5.13. The number of nitrogens with zero attached hydrogens (tertiary/aromatic N) is 2. The number of para-hydroxylation sites is 2. The van der Waals surface area contributed by atoms with Crippen molar-refractivity contribution in [2.45, 2.75) is 51.7 Å². The fraction of sp³-hybridized carbons (Fsp3) is 0.296. The quantitative estimate of drug-likeness (QED) is 0.430. The molecule has 6 rings (SSSR count). The molecule has 0 radical (unpaired) electrons. The van der Waals surface area contributed by atoms with Gasteiger partial charge in [-0.15, -0.1) is 0 Å². The molecule has 1 aliphatic carbocycles. The van der Waals surface area contributed by atoms with Crippen LogP contribution in [0.4, 0.5) is 5.69 Å². The lowest BCUT2D eigenvalue weighted by Crippen LogP contribution is -2.07. The smallest absolute Gasteiger partial charge is 0.125 e. The number of fused-ring (bicyclic) bond motifs is 2. The molecule has 1 fully saturated rings. The zero-order chi connectivity index (χ0) is 20.9. The van der Waals surface area contributed by atoms with Crippen molar-refractivity contribution in [1.29, 1.82) is 0 Å². The van der Waals surface area contributed by atoms with Crippen molar-refractivity contribution in [3.8, 4) is 11.4 Å². The lowest BCUT2D eigenvalue weighted by molar-refractivity contribution is 0.255. The zero-order valence-electron chi connectivity index (χ0n) is 18.1. The average molecular weight is 410 g/mol. The van der Waals surface area contributed by atoms with Gasteiger partial charge in [0.25, 0.3) is 0 Å². The molecular formula is C27H27N3O. The number of nitrogens with one attached hydrogen (secondary N) is 1. The van der Waals surface area contributed by atoms with E-state index in [1.165, 1.54) is 46.6 Å². The number of benzene rings is 3. The van der Waals surface area contributed by atoms with E-state index in [9.17, 15) is 0 Å². The van der Waals surface area contributed by atoms with Crippen LogP contribution in [0.2, 0.25) is 0 Å². The summed E-state index contributed by atoms with van der Waals surface area (Å²) in [7, 11) is 0. The fourth-order valence-electron chi connectivity index (χ4n) is 4.73. The summed E-state index contributed by atoms with van der Waals surface area (Å²) in [6.07, 6.45) is 3.75. The van der Waals surface area contributed by atoms with Crippen LogP contribution in [0.15, 0.2) is 60.7 Å². The first-order valence-corrected chi connectivity index (χ1v) is 11.3. The van der Waals surface area contributed by atoms with Gasteiger partial charge in [0.05, 0.1) is 16.7 Å². The number of hydrogen-bond donors (Lipinski definition) is 1. The van der Waals surface area contributed by atoms with Crippen LogP contribution in [0, 0.1) is 6.92 Å². The molecular weight excluding hydrogens is 382 g/mol. The Kier molecular flexibility index (Phi) is 4.27. The Bertz CT molecular complexity index is 1290. The predicted octanol–water partition coefficient (Wildman–Crippen LogP) is 6.15. The molecule has 3 aromatic carbocycles. The molecule has 1 unspecified atom stereocenters. The van der Waals surface area contributed by atoms with Crippen molar-refractivity contribution < 1.29 is 4.74 Å². The second-order valence-electron chi connectivity index (χ2n) is 8.94. The van der Waals surface area contributed by atoms with E-state index in [0.717, 1.165) is 29.9 Å². The first kappa shape index (κ1) is 18.5. The van der Waals surface area contributed by atoms with Crippen LogP contribution in [0.1, 0.15) is 48.2 Å². The Labute approximate surface area is 182 Å². The zero-order valence-corrected chi connectivity index (χ0v) is 18.1. The van der Waals surface area contributed by atoms with E-state index in [0.29, 0.717) is 5.92 Å². The third-order valence-corrected chi connectivity index (χ3v) is 6.57. The highest BCUT2D eigenvalue weighted by atomic mass is 16.5. The second kappa shape index (κ2) is 7.16. The van der Waals surface area contributed by atoms with Gasteiger partial charge in [-0.1, -0.05) is 30.3 Å². The van der Waals surface area contributed by atoms with Gasteiger partial charge in [-0.2, -0.15) is 0 Å². The van der Waals surface area contributed by atoms with Crippen LogP contribution in [0.3, 0.4) is 0 Å². The summed E-state index contributed by atoms with van der Waals surface area (Å²) in [5.74, 6) is 2.81. The van der Waals surface area contributed by atoms with E-state index in [4.69, 9.17) is 9.72 Å². The van der Waals surface area contributed by atoms with Crippen LogP contribution >= 0.6 is 0 Å². The standard InChI is InChI=1S/C27H27N3O/c1-17-14-20-12-13-22(15-26(20)31-17)28-16-21-6-5-9-24(18(21)2)30-25-8-4-3-7-23(25)29-27(30)19-10-11-19/h3-9,12-13,15,17,19,28H,10-11,14,16H2,1-2H3. The molecule has 2 aliphatic rings. The first-order chi connectivity index (χ1) is 15.2. The molecule has 1 aromatic heterocycles. The van der Waals surface area contributed by atoms with Crippen molar-refractivity contribution in [3.05, 3.63) is 83.2 Å². The molecule has 1 N–H and O–H groups in total. The molecule has 4 nitrogen and oxygen atoms in total. The number of hydrogen-bond acceptors (Lipinski definition) is 3. The monoisotopic (exact) mass is 409 g/mol. The summed E-state index contributed by atoms with van der Waals surface area (Å²) in [4.78, 5) is 4.99. The molecule has 1 aliphatic heterocycles. The van der Waals surface area contributed by atoms with E-state index < -0.39 is 0 Å². The molecule has 0 bridgehead atoms. The first-order valence-electron chi connectivity index (χ1n) is 11.3. The molecule has 0 saturated heterocycles. The average Bonchev–Trinajstić information content (AvgIpc) is 3.45. The number of aromatic nitrogens is 2. The van der Waals surface area contributed by atoms with Gasteiger partial charge in [0.15, 0.2) is 0 Å². The van der Waals surface area contributed by atoms with Crippen molar-refractivity contribution >= 4 is 16.7 Å². The van der Waals surface area contributed by atoms with Crippen LogP contribution in [0.5, 0.6) is 5.75 Å². The van der Waals surface area contributed by atoms with Crippen LogP contribution < -0.4 is 10.1 Å². The Morgan fingerprint density at radius 3 is 2.81 bits per heavy atom. The number of rotatable bonds is 5. The lowest BCUT2D eigenvalue weighted by atomic mass is 10.1. The summed E-state index contributed by atoms with van der Waals surface area (Å²) in [5.41, 5.74) is 8.52. The normalized spacial score (nSPS) is 17.5. The van der Waals surface area contributed by atoms with Crippen molar-refractivity contribution in [2.75, 3.05) is 5.32 Å². The van der Waals surface area contributed by atoms with Gasteiger partial charge in [-0.25, -0.2) is 4.98 Å². The highest BCUT2D eigenvalue weighted by molar-refractivity contribution is 5.79. The summed E-state index contributed by atoms with van der Waals surface area (Å²) in [5, 5.41) is 3.60. The second-order valence-corrected chi connectivity index (χ2v) is 8.94. The number of anilines is 1. The van der Waals surface area contributed by atoms with Crippen molar-refractivity contribution in [3.63, 3.8) is 0 Å². The number of ether oxygens (including phenoxy) is 1. The Morgan fingerprint density at radius 1 is 1.06 bits per heavy atom. The molecule has 0 spiro atoms. The van der Waals surface area contributed by atoms with E-state index in [-0.39, 0.29) is 6.10 Å². The molecule has 1 atom stereocenters. The van der Waals surface area contributed by atoms with Crippen LogP contribution in [0.25, 0.3) is 16.7 Å². The minimum atomic E-state index is 0.273. The molecule has 1 saturated carbocycles. The highest BCUT2D eigenvalue weighted by Crippen LogP contribution is 2.42. The van der Waals surface area contributed by atoms with Crippen LogP contribution in [-0.2, 0) is 13.0 Å². The Hall–Kier alpha value is -3.27. The molecule has 156 valence electrons. The summed E-state index contributed by atoms with van der Waals surface area (Å²) in [6, 6.07) is 21.6. The SMILES string of the molecule is Cc1c(CNc2ccc3c(c2)OC(C)C3)cccc1-n1c(C2CC2)nc2ccccc21. The minimum absolute atomic E-state index is 0.273. The maximum Gasteiger partial charge on any atom is 0.125 e. The summed E-state index contributed by atoms with van der Waals surface area (Å²) >= 11 is 0. The van der Waals surface area contributed by atoms with Crippen molar-refractivity contribution in [1.82, 2.24) is 9.55 Å². The highest BCUT2D eigenvalue weighted by Gasteiger charge is 2.30. The minimum Gasteiger partial charge on any atom is -0.490 e. The lowest BCUT2D eigenvalue weighted by Gasteiger charge is -2.16. The van der Waals surface area contributed by atoms with Gasteiger partial charge in [0.2, 0.25) is 0 Å². The topological polar surface area (TPSA) is 39.1 Å². The van der Waals surface area contributed by atoms with E-state index in [1.54, 1.807) is 0 Å². The Morgan fingerprint density at radius 2 is 1.94 bits per heavy atom. The number of imidazole rings is 1. The molecule has 4 aromatic rings. The van der Waals surface area contributed by atoms with Gasteiger partial charge < -0.3 is 10.1 Å². The molecule has 2 heterocycles. The fourth-order valence-corrected chi connectivity index (χ4v) is 4.73. The molecule has 4 heteroatoms. The van der Waals surface area contributed by atoms with E-state index in [2.05, 4.69) is 84.4 Å². The predicted molar refractivity (Wildman–Crippen MR) is 125 cm³/mol. The molecule has 31 heavy (non-hydrogen) atoms. The van der Waals surface area contributed by atoms with E-state index in [1.807, 2.05) is 0 Å². The van der Waals surface area contributed by atoms with Gasteiger partial charge in [0.1, 0.15) is 17.7 Å². The van der Waals surface area contributed by atoms with Crippen LogP contribution in [-0.4, -0.2) is 15.7 Å². The van der Waals surface area contributed by atoms with Gasteiger partial charge in [0, 0.05) is 30.6 Å². The largest absolute Gasteiger partial charge is 0.490 e. The maximum atomic E-state index is 5.92. The van der Waals surface area contributed by atoms with Gasteiger partial charge >= 0.3 is 0 Å².